The van der Waals surface area contributed by atoms with Crippen molar-refractivity contribution in [2.45, 2.75) is 19.8 Å². The molecule has 0 aromatic carbocycles. The molecule has 0 fully saturated rings. The summed E-state index contributed by atoms with van der Waals surface area (Å²) < 4.78 is 22.9. The van der Waals surface area contributed by atoms with E-state index < -0.39 is 6.43 Å². The Labute approximate surface area is 59.8 Å². The van der Waals surface area contributed by atoms with Crippen LogP contribution in [0.25, 0.3) is 0 Å². The van der Waals surface area contributed by atoms with Crippen LogP contribution in [0.2, 0.25) is 0 Å². The third kappa shape index (κ3) is 7.38. The SMILES string of the molecule is CC#CCNCCC(F)F. The van der Waals surface area contributed by atoms with Crippen LogP contribution in [0.15, 0.2) is 0 Å². The minimum absolute atomic E-state index is 0.0919. The van der Waals surface area contributed by atoms with E-state index in [1.165, 1.54) is 0 Å². The second-order valence-corrected chi connectivity index (χ2v) is 1.78. The van der Waals surface area contributed by atoms with Crippen LogP contribution in [0, 0.1) is 11.8 Å². The van der Waals surface area contributed by atoms with Crippen molar-refractivity contribution < 1.29 is 8.78 Å². The molecule has 0 aliphatic heterocycles. The van der Waals surface area contributed by atoms with Gasteiger partial charge in [0.15, 0.2) is 0 Å². The summed E-state index contributed by atoms with van der Waals surface area (Å²) in [6.45, 7) is 2.56. The van der Waals surface area contributed by atoms with Crippen molar-refractivity contribution in [1.82, 2.24) is 5.32 Å². The Balaban J connectivity index is 2.96. The van der Waals surface area contributed by atoms with Gasteiger partial charge in [0.2, 0.25) is 6.43 Å². The van der Waals surface area contributed by atoms with E-state index >= 15 is 0 Å². The molecule has 0 saturated carbocycles. The summed E-state index contributed by atoms with van der Waals surface area (Å²) in [4.78, 5) is 0. The molecule has 0 amide bonds. The van der Waals surface area contributed by atoms with Crippen molar-refractivity contribution >= 4 is 0 Å². The molecule has 0 heterocycles. The molecule has 1 nitrogen and oxygen atoms in total. The number of nitrogens with one attached hydrogen (secondary N) is 1. The predicted molar refractivity (Wildman–Crippen MR) is 36.9 cm³/mol. The number of rotatable bonds is 4. The van der Waals surface area contributed by atoms with Crippen molar-refractivity contribution in [2.24, 2.45) is 0 Å². The highest BCUT2D eigenvalue weighted by Gasteiger charge is 1.98. The molecule has 0 saturated heterocycles. The van der Waals surface area contributed by atoms with Crippen LogP contribution < -0.4 is 5.32 Å². The lowest BCUT2D eigenvalue weighted by Crippen LogP contribution is -2.17. The van der Waals surface area contributed by atoms with Crippen LogP contribution >= 0.6 is 0 Å². The second kappa shape index (κ2) is 6.50. The lowest BCUT2D eigenvalue weighted by Gasteiger charge is -1.97. The molecule has 0 radical (unpaired) electrons. The summed E-state index contributed by atoms with van der Waals surface area (Å²) in [6, 6.07) is 0. The van der Waals surface area contributed by atoms with E-state index in [4.69, 9.17) is 0 Å². The lowest BCUT2D eigenvalue weighted by molar-refractivity contribution is 0.138. The van der Waals surface area contributed by atoms with Gasteiger partial charge in [-0.3, -0.25) is 0 Å². The van der Waals surface area contributed by atoms with E-state index in [1.54, 1.807) is 6.92 Å². The Hall–Kier alpha value is -0.620. The first-order valence-electron chi connectivity index (χ1n) is 3.16. The van der Waals surface area contributed by atoms with Crippen LogP contribution in [0.5, 0.6) is 0 Å². The van der Waals surface area contributed by atoms with Crippen LogP contribution in [0.1, 0.15) is 13.3 Å². The maximum absolute atomic E-state index is 11.5. The van der Waals surface area contributed by atoms with E-state index in [0.29, 0.717) is 13.1 Å². The highest BCUT2D eigenvalue weighted by molar-refractivity contribution is 4.96. The molecular weight excluding hydrogens is 136 g/mol. The fourth-order valence-electron chi connectivity index (χ4n) is 0.450. The van der Waals surface area contributed by atoms with Gasteiger partial charge in [-0.15, -0.1) is 5.92 Å². The van der Waals surface area contributed by atoms with E-state index in [2.05, 4.69) is 17.2 Å². The number of halogens is 2. The first kappa shape index (κ1) is 9.38. The smallest absolute Gasteiger partial charge is 0.239 e. The van der Waals surface area contributed by atoms with Crippen molar-refractivity contribution in [2.75, 3.05) is 13.1 Å². The maximum Gasteiger partial charge on any atom is 0.239 e. The predicted octanol–water partition coefficient (Wildman–Crippen LogP) is 1.25. The molecule has 3 heteroatoms. The summed E-state index contributed by atoms with van der Waals surface area (Å²) in [6.07, 6.45) is -2.30. The van der Waals surface area contributed by atoms with Gasteiger partial charge in [-0.1, -0.05) is 5.92 Å². The van der Waals surface area contributed by atoms with Gasteiger partial charge in [-0.25, -0.2) is 8.78 Å². The van der Waals surface area contributed by atoms with Crippen molar-refractivity contribution in [3.8, 4) is 11.8 Å². The van der Waals surface area contributed by atoms with Gasteiger partial charge in [0, 0.05) is 13.0 Å². The zero-order valence-corrected chi connectivity index (χ0v) is 5.95. The molecule has 0 rings (SSSR count). The summed E-state index contributed by atoms with van der Waals surface area (Å²) in [5.74, 6) is 5.37. The Kier molecular flexibility index (Phi) is 6.10. The third-order valence-electron chi connectivity index (χ3n) is 0.929. The molecule has 10 heavy (non-hydrogen) atoms. The van der Waals surface area contributed by atoms with Crippen LogP contribution in [-0.4, -0.2) is 19.5 Å². The quantitative estimate of drug-likeness (QED) is 0.466. The molecule has 0 spiro atoms. The molecular formula is C7H11F2N. The van der Waals surface area contributed by atoms with Crippen molar-refractivity contribution in [1.29, 1.82) is 0 Å². The second-order valence-electron chi connectivity index (χ2n) is 1.78. The normalized spacial score (nSPS) is 9.20. The van der Waals surface area contributed by atoms with E-state index in [1.807, 2.05) is 0 Å². The zero-order valence-electron chi connectivity index (χ0n) is 5.95. The average molecular weight is 147 g/mol. The van der Waals surface area contributed by atoms with Gasteiger partial charge in [0.05, 0.1) is 6.54 Å². The highest BCUT2D eigenvalue weighted by Crippen LogP contribution is 1.95. The topological polar surface area (TPSA) is 12.0 Å². The third-order valence-corrected chi connectivity index (χ3v) is 0.929. The van der Waals surface area contributed by atoms with E-state index in [9.17, 15) is 8.78 Å². The average Bonchev–Trinajstić information content (AvgIpc) is 1.87. The highest BCUT2D eigenvalue weighted by atomic mass is 19.3. The number of alkyl halides is 2. The molecule has 0 atom stereocenters. The van der Waals surface area contributed by atoms with Gasteiger partial charge in [-0.2, -0.15) is 0 Å². The largest absolute Gasteiger partial charge is 0.306 e. The molecule has 1 N–H and O–H groups in total. The first-order chi connectivity index (χ1) is 4.77. The Morgan fingerprint density at radius 3 is 2.70 bits per heavy atom. The fraction of sp³-hybridized carbons (Fsp3) is 0.714. The molecule has 58 valence electrons. The van der Waals surface area contributed by atoms with Crippen molar-refractivity contribution in [3.63, 3.8) is 0 Å². The monoisotopic (exact) mass is 147 g/mol. The van der Waals surface area contributed by atoms with Gasteiger partial charge < -0.3 is 5.32 Å². The van der Waals surface area contributed by atoms with Gasteiger partial charge in [0.1, 0.15) is 0 Å². The fourth-order valence-corrected chi connectivity index (χ4v) is 0.450. The van der Waals surface area contributed by atoms with Gasteiger partial charge in [-0.05, 0) is 6.92 Å². The van der Waals surface area contributed by atoms with Crippen LogP contribution in [0.4, 0.5) is 8.78 Å². The molecule has 0 aromatic rings. The van der Waals surface area contributed by atoms with E-state index in [0.717, 1.165) is 0 Å². The summed E-state index contributed by atoms with van der Waals surface area (Å²) >= 11 is 0. The summed E-state index contributed by atoms with van der Waals surface area (Å²) in [5.41, 5.74) is 0. The Bertz CT molecular complexity index is 123. The minimum atomic E-state index is -2.21. The summed E-state index contributed by atoms with van der Waals surface area (Å²) in [7, 11) is 0. The molecule has 0 aromatic heterocycles. The zero-order chi connectivity index (χ0) is 7.82. The first-order valence-corrected chi connectivity index (χ1v) is 3.16. The van der Waals surface area contributed by atoms with Gasteiger partial charge in [0.25, 0.3) is 0 Å². The lowest BCUT2D eigenvalue weighted by atomic mass is 10.4. The number of hydrogen-bond donors (Lipinski definition) is 1. The molecule has 0 bridgehead atoms. The van der Waals surface area contributed by atoms with E-state index in [-0.39, 0.29) is 6.42 Å². The molecule has 0 aliphatic carbocycles. The minimum Gasteiger partial charge on any atom is -0.306 e. The summed E-state index contributed by atoms with van der Waals surface area (Å²) in [5, 5.41) is 2.76. The van der Waals surface area contributed by atoms with Crippen molar-refractivity contribution in [3.05, 3.63) is 0 Å². The Morgan fingerprint density at radius 1 is 1.50 bits per heavy atom. The molecule has 0 aliphatic rings. The Morgan fingerprint density at radius 2 is 2.20 bits per heavy atom. The molecule has 0 unspecified atom stereocenters. The van der Waals surface area contributed by atoms with Gasteiger partial charge >= 0.3 is 0 Å². The van der Waals surface area contributed by atoms with Crippen LogP contribution in [0.3, 0.4) is 0 Å². The standard InChI is InChI=1S/C7H11F2N/c1-2-3-5-10-6-4-7(8)9/h7,10H,4-6H2,1H3. The van der Waals surface area contributed by atoms with Crippen LogP contribution in [-0.2, 0) is 0 Å². The number of hydrogen-bond acceptors (Lipinski definition) is 1. The maximum atomic E-state index is 11.5.